The highest BCUT2D eigenvalue weighted by Crippen LogP contribution is 2.29. The topological polar surface area (TPSA) is 25.8 Å². The summed E-state index contributed by atoms with van der Waals surface area (Å²) in [5.74, 6) is 0.0233. The molecular formula is C12H5BrClFN2S. The summed E-state index contributed by atoms with van der Waals surface area (Å²) in [5, 5.41) is 4.56. The number of hydrogen-bond acceptors (Lipinski definition) is 3. The second-order valence-electron chi connectivity index (χ2n) is 3.63. The van der Waals surface area contributed by atoms with Gasteiger partial charge in [0.1, 0.15) is 10.7 Å². The van der Waals surface area contributed by atoms with E-state index in [0.29, 0.717) is 15.7 Å². The molecule has 18 heavy (non-hydrogen) atoms. The Morgan fingerprint density at radius 3 is 2.83 bits per heavy atom. The molecular weight excluding hydrogens is 339 g/mol. The highest BCUT2D eigenvalue weighted by molar-refractivity contribution is 9.10. The summed E-state index contributed by atoms with van der Waals surface area (Å²) in [6.45, 7) is 0. The molecule has 0 atom stereocenters. The second-order valence-corrected chi connectivity index (χ2v) is 5.69. The van der Waals surface area contributed by atoms with Gasteiger partial charge < -0.3 is 0 Å². The van der Waals surface area contributed by atoms with Gasteiger partial charge >= 0.3 is 0 Å². The number of aromatic nitrogens is 2. The first-order valence-corrected chi connectivity index (χ1v) is 7.11. The van der Waals surface area contributed by atoms with Gasteiger partial charge in [-0.1, -0.05) is 27.5 Å². The first kappa shape index (κ1) is 12.0. The van der Waals surface area contributed by atoms with E-state index in [0.717, 1.165) is 5.56 Å². The van der Waals surface area contributed by atoms with Gasteiger partial charge in [-0.05, 0) is 23.6 Å². The van der Waals surface area contributed by atoms with Crippen LogP contribution in [0.5, 0.6) is 0 Å². The molecule has 90 valence electrons. The van der Waals surface area contributed by atoms with Crippen LogP contribution in [0.15, 0.2) is 33.4 Å². The van der Waals surface area contributed by atoms with Crippen molar-refractivity contribution in [3.05, 3.63) is 44.4 Å². The minimum Gasteiger partial charge on any atom is -0.225 e. The first-order valence-electron chi connectivity index (χ1n) is 5.00. The van der Waals surface area contributed by atoms with E-state index in [2.05, 4.69) is 25.9 Å². The largest absolute Gasteiger partial charge is 0.225 e. The van der Waals surface area contributed by atoms with E-state index in [1.54, 1.807) is 6.07 Å². The van der Waals surface area contributed by atoms with Crippen molar-refractivity contribution in [2.75, 3.05) is 0 Å². The fourth-order valence-corrected chi connectivity index (χ4v) is 2.93. The van der Waals surface area contributed by atoms with Crippen LogP contribution in [0.3, 0.4) is 0 Å². The molecule has 0 spiro atoms. The molecule has 2 aromatic heterocycles. The second kappa shape index (κ2) is 4.57. The van der Waals surface area contributed by atoms with Crippen molar-refractivity contribution in [1.29, 1.82) is 0 Å². The lowest BCUT2D eigenvalue weighted by Gasteiger charge is -2.04. The van der Waals surface area contributed by atoms with Crippen molar-refractivity contribution in [2.45, 2.75) is 0 Å². The van der Waals surface area contributed by atoms with Gasteiger partial charge in [-0.15, -0.1) is 0 Å². The Bertz CT molecular complexity index is 731. The monoisotopic (exact) mass is 342 g/mol. The highest BCUT2D eigenvalue weighted by Gasteiger charge is 2.12. The summed E-state index contributed by atoms with van der Waals surface area (Å²) in [6, 6.07) is 4.94. The molecule has 6 heteroatoms. The van der Waals surface area contributed by atoms with E-state index >= 15 is 0 Å². The van der Waals surface area contributed by atoms with E-state index in [9.17, 15) is 4.39 Å². The van der Waals surface area contributed by atoms with Crippen LogP contribution >= 0.6 is 38.9 Å². The molecule has 0 aliphatic carbocycles. The fraction of sp³-hybridized carbons (Fsp3) is 0. The van der Waals surface area contributed by atoms with E-state index < -0.39 is 5.82 Å². The Labute approximate surface area is 120 Å². The van der Waals surface area contributed by atoms with Gasteiger partial charge in [-0.2, -0.15) is 11.3 Å². The van der Waals surface area contributed by atoms with Crippen LogP contribution in [0.1, 0.15) is 0 Å². The molecule has 0 fully saturated rings. The number of thiophene rings is 1. The van der Waals surface area contributed by atoms with E-state index in [1.165, 1.54) is 17.4 Å². The van der Waals surface area contributed by atoms with Gasteiger partial charge in [0.05, 0.1) is 0 Å². The number of benzene rings is 1. The maximum absolute atomic E-state index is 13.9. The van der Waals surface area contributed by atoms with E-state index in [1.807, 2.05) is 16.8 Å². The summed E-state index contributed by atoms with van der Waals surface area (Å²) in [6.07, 6.45) is 0. The number of hydrogen-bond donors (Lipinski definition) is 0. The van der Waals surface area contributed by atoms with E-state index in [-0.39, 0.29) is 10.7 Å². The van der Waals surface area contributed by atoms with Crippen molar-refractivity contribution >= 4 is 49.8 Å². The first-order chi connectivity index (χ1) is 8.65. The van der Waals surface area contributed by atoms with E-state index in [4.69, 9.17) is 11.6 Å². The van der Waals surface area contributed by atoms with Gasteiger partial charge in [0.25, 0.3) is 0 Å². The molecule has 2 nitrogen and oxygen atoms in total. The summed E-state index contributed by atoms with van der Waals surface area (Å²) in [7, 11) is 0. The minimum absolute atomic E-state index is 0.236. The zero-order chi connectivity index (χ0) is 12.7. The van der Waals surface area contributed by atoms with Crippen LogP contribution in [0.2, 0.25) is 5.15 Å². The molecule has 0 unspecified atom stereocenters. The number of fused-ring (bicyclic) bond motifs is 1. The lowest BCUT2D eigenvalue weighted by Crippen LogP contribution is -1.93. The van der Waals surface area contributed by atoms with Crippen LogP contribution in [0.4, 0.5) is 4.39 Å². The van der Waals surface area contributed by atoms with Crippen LogP contribution in [-0.2, 0) is 0 Å². The molecule has 0 amide bonds. The Kier molecular flexibility index (Phi) is 3.05. The quantitative estimate of drug-likeness (QED) is 0.587. The van der Waals surface area contributed by atoms with Crippen LogP contribution in [0, 0.1) is 5.82 Å². The summed E-state index contributed by atoms with van der Waals surface area (Å²) < 4.78 is 14.5. The molecule has 0 saturated heterocycles. The van der Waals surface area contributed by atoms with Crippen molar-refractivity contribution in [3.63, 3.8) is 0 Å². The average Bonchev–Trinajstić information content (AvgIpc) is 2.83. The van der Waals surface area contributed by atoms with Crippen molar-refractivity contribution in [3.8, 4) is 11.4 Å². The van der Waals surface area contributed by atoms with Gasteiger partial charge in [0.2, 0.25) is 0 Å². The molecule has 3 rings (SSSR count). The Morgan fingerprint density at radius 1 is 1.28 bits per heavy atom. The number of halogens is 3. The van der Waals surface area contributed by atoms with Crippen LogP contribution in [0.25, 0.3) is 22.3 Å². The van der Waals surface area contributed by atoms with Crippen LogP contribution < -0.4 is 0 Å². The molecule has 0 aliphatic rings. The van der Waals surface area contributed by atoms with Gasteiger partial charge in [-0.3, -0.25) is 0 Å². The SMILES string of the molecule is Fc1cc(Br)cc2c(Cl)nc(-c3ccsc3)nc12. The third-order valence-electron chi connectivity index (χ3n) is 2.45. The molecule has 3 aromatic rings. The Balaban J connectivity index is 2.34. The molecule has 0 radical (unpaired) electrons. The maximum atomic E-state index is 13.9. The molecule has 0 aliphatic heterocycles. The zero-order valence-corrected chi connectivity index (χ0v) is 12.0. The molecule has 0 bridgehead atoms. The summed E-state index contributed by atoms with van der Waals surface area (Å²) >= 11 is 10.8. The normalized spacial score (nSPS) is 11.1. The fourth-order valence-electron chi connectivity index (χ4n) is 1.64. The highest BCUT2D eigenvalue weighted by atomic mass is 79.9. The van der Waals surface area contributed by atoms with Crippen molar-refractivity contribution in [2.24, 2.45) is 0 Å². The van der Waals surface area contributed by atoms with Gasteiger partial charge in [-0.25, -0.2) is 14.4 Å². The lowest BCUT2D eigenvalue weighted by atomic mass is 10.2. The standard InChI is InChI=1S/C12H5BrClFN2S/c13-7-3-8-10(9(15)4-7)16-12(17-11(8)14)6-1-2-18-5-6/h1-5H. The zero-order valence-electron chi connectivity index (χ0n) is 8.82. The van der Waals surface area contributed by atoms with Crippen molar-refractivity contribution in [1.82, 2.24) is 9.97 Å². The summed E-state index contributed by atoms with van der Waals surface area (Å²) in [5.41, 5.74) is 1.07. The number of rotatable bonds is 1. The third kappa shape index (κ3) is 2.02. The average molecular weight is 344 g/mol. The van der Waals surface area contributed by atoms with Crippen LogP contribution in [-0.4, -0.2) is 9.97 Å². The molecule has 0 saturated carbocycles. The minimum atomic E-state index is -0.417. The van der Waals surface area contributed by atoms with Crippen molar-refractivity contribution < 1.29 is 4.39 Å². The number of nitrogens with zero attached hydrogens (tertiary/aromatic N) is 2. The van der Waals surface area contributed by atoms with Gasteiger partial charge in [0.15, 0.2) is 11.6 Å². The maximum Gasteiger partial charge on any atom is 0.162 e. The predicted molar refractivity (Wildman–Crippen MR) is 75.5 cm³/mol. The molecule has 2 heterocycles. The summed E-state index contributed by atoms with van der Waals surface area (Å²) in [4.78, 5) is 8.43. The molecule has 1 aromatic carbocycles. The smallest absolute Gasteiger partial charge is 0.162 e. The predicted octanol–water partition coefficient (Wildman–Crippen LogP) is 4.91. The third-order valence-corrected chi connectivity index (χ3v) is 3.88. The van der Waals surface area contributed by atoms with Gasteiger partial charge in [0, 0.05) is 20.8 Å². The molecule has 0 N–H and O–H groups in total. The Hall–Kier alpha value is -1.04. The lowest BCUT2D eigenvalue weighted by molar-refractivity contribution is 0.636. The Morgan fingerprint density at radius 2 is 2.11 bits per heavy atom.